The van der Waals surface area contributed by atoms with E-state index >= 15 is 0 Å². The molecular formula is C16H20N2O. The molecule has 0 bridgehead atoms. The van der Waals surface area contributed by atoms with Gasteiger partial charge in [-0.3, -0.25) is 4.79 Å². The van der Waals surface area contributed by atoms with Gasteiger partial charge in [0.15, 0.2) is 0 Å². The predicted octanol–water partition coefficient (Wildman–Crippen LogP) is 2.91. The largest absolute Gasteiger partial charge is 0.384 e. The molecule has 0 aliphatic heterocycles. The van der Waals surface area contributed by atoms with Crippen molar-refractivity contribution >= 4 is 5.69 Å². The van der Waals surface area contributed by atoms with Crippen LogP contribution in [0.3, 0.4) is 0 Å². The number of benzene rings is 1. The summed E-state index contributed by atoms with van der Waals surface area (Å²) in [4.78, 5) is 11.5. The fourth-order valence-electron chi connectivity index (χ4n) is 2.05. The van der Waals surface area contributed by atoms with Crippen LogP contribution in [0.5, 0.6) is 0 Å². The number of nitrogens with zero attached hydrogens (tertiary/aromatic N) is 1. The van der Waals surface area contributed by atoms with E-state index in [1.807, 2.05) is 25.3 Å². The summed E-state index contributed by atoms with van der Waals surface area (Å²) in [6.45, 7) is 3.59. The van der Waals surface area contributed by atoms with Crippen LogP contribution in [-0.4, -0.2) is 11.1 Å². The first-order valence-corrected chi connectivity index (χ1v) is 6.78. The number of aromatic nitrogens is 1. The topological polar surface area (TPSA) is 34.0 Å². The molecule has 100 valence electrons. The van der Waals surface area contributed by atoms with Crippen LogP contribution in [0.1, 0.15) is 18.9 Å². The molecular weight excluding hydrogens is 236 g/mol. The molecule has 1 aromatic heterocycles. The highest BCUT2D eigenvalue weighted by atomic mass is 16.1. The summed E-state index contributed by atoms with van der Waals surface area (Å²) < 4.78 is 1.71. The summed E-state index contributed by atoms with van der Waals surface area (Å²) >= 11 is 0. The van der Waals surface area contributed by atoms with E-state index in [0.717, 1.165) is 25.1 Å². The van der Waals surface area contributed by atoms with Crippen LogP contribution < -0.4 is 10.9 Å². The Morgan fingerprint density at radius 3 is 2.63 bits per heavy atom. The van der Waals surface area contributed by atoms with Crippen LogP contribution in [0.25, 0.3) is 0 Å². The van der Waals surface area contributed by atoms with E-state index in [4.69, 9.17) is 0 Å². The molecule has 0 spiro atoms. The van der Waals surface area contributed by atoms with Gasteiger partial charge in [0.1, 0.15) is 0 Å². The summed E-state index contributed by atoms with van der Waals surface area (Å²) in [7, 11) is 0. The molecule has 0 fully saturated rings. The summed E-state index contributed by atoms with van der Waals surface area (Å²) in [5, 5.41) is 3.36. The van der Waals surface area contributed by atoms with Gasteiger partial charge in [-0.2, -0.15) is 0 Å². The van der Waals surface area contributed by atoms with E-state index in [1.165, 1.54) is 5.56 Å². The first-order valence-electron chi connectivity index (χ1n) is 6.78. The molecule has 0 radical (unpaired) electrons. The van der Waals surface area contributed by atoms with Gasteiger partial charge < -0.3 is 9.88 Å². The highest BCUT2D eigenvalue weighted by Crippen LogP contribution is 2.05. The second-order valence-corrected chi connectivity index (χ2v) is 4.56. The molecule has 0 aliphatic carbocycles. The molecule has 3 nitrogen and oxygen atoms in total. The lowest BCUT2D eigenvalue weighted by Gasteiger charge is -2.08. The maximum atomic E-state index is 11.5. The molecule has 0 unspecified atom stereocenters. The van der Waals surface area contributed by atoms with Crippen LogP contribution in [-0.2, 0) is 13.0 Å². The summed E-state index contributed by atoms with van der Waals surface area (Å²) in [6.07, 6.45) is 4.03. The Bertz CT molecular complexity index is 560. The van der Waals surface area contributed by atoms with Crippen LogP contribution in [0.15, 0.2) is 53.5 Å². The SMILES string of the molecule is CCn1cc(NCCCc2ccccc2)ccc1=O. The van der Waals surface area contributed by atoms with Crippen molar-refractivity contribution in [1.29, 1.82) is 0 Å². The summed E-state index contributed by atoms with van der Waals surface area (Å²) in [5.41, 5.74) is 2.43. The second-order valence-electron chi connectivity index (χ2n) is 4.56. The third-order valence-corrected chi connectivity index (χ3v) is 3.14. The van der Waals surface area contributed by atoms with Gasteiger partial charge in [0.25, 0.3) is 5.56 Å². The molecule has 0 saturated heterocycles. The van der Waals surface area contributed by atoms with E-state index < -0.39 is 0 Å². The van der Waals surface area contributed by atoms with Gasteiger partial charge in [-0.15, -0.1) is 0 Å². The van der Waals surface area contributed by atoms with Crippen molar-refractivity contribution < 1.29 is 0 Å². The van der Waals surface area contributed by atoms with E-state index in [1.54, 1.807) is 10.6 Å². The smallest absolute Gasteiger partial charge is 0.250 e. The molecule has 1 heterocycles. The number of rotatable bonds is 6. The number of hydrogen-bond acceptors (Lipinski definition) is 2. The van der Waals surface area contributed by atoms with Crippen molar-refractivity contribution in [2.24, 2.45) is 0 Å². The quantitative estimate of drug-likeness (QED) is 0.806. The fourth-order valence-corrected chi connectivity index (χ4v) is 2.05. The zero-order chi connectivity index (χ0) is 13.5. The minimum Gasteiger partial charge on any atom is -0.384 e. The van der Waals surface area contributed by atoms with Crippen LogP contribution in [0.4, 0.5) is 5.69 Å². The number of anilines is 1. The number of hydrogen-bond donors (Lipinski definition) is 1. The molecule has 19 heavy (non-hydrogen) atoms. The molecule has 1 aromatic carbocycles. The van der Waals surface area contributed by atoms with Gasteiger partial charge in [0.05, 0.1) is 5.69 Å². The minimum atomic E-state index is 0.0531. The Balaban J connectivity index is 1.81. The Kier molecular flexibility index (Phi) is 4.78. The summed E-state index contributed by atoms with van der Waals surface area (Å²) in [6, 6.07) is 13.9. The van der Waals surface area contributed by atoms with Gasteiger partial charge in [-0.05, 0) is 31.4 Å². The van der Waals surface area contributed by atoms with E-state index in [0.29, 0.717) is 6.54 Å². The zero-order valence-corrected chi connectivity index (χ0v) is 11.3. The average molecular weight is 256 g/mol. The Hall–Kier alpha value is -2.03. The lowest BCUT2D eigenvalue weighted by atomic mass is 10.1. The maximum Gasteiger partial charge on any atom is 0.250 e. The molecule has 2 aromatic rings. The minimum absolute atomic E-state index is 0.0531. The predicted molar refractivity (Wildman–Crippen MR) is 79.6 cm³/mol. The number of nitrogens with one attached hydrogen (secondary N) is 1. The van der Waals surface area contributed by atoms with Crippen molar-refractivity contribution in [2.45, 2.75) is 26.3 Å². The Labute approximate surface area is 113 Å². The van der Waals surface area contributed by atoms with Crippen molar-refractivity contribution in [3.63, 3.8) is 0 Å². The first kappa shape index (κ1) is 13.4. The van der Waals surface area contributed by atoms with Crippen LogP contribution in [0.2, 0.25) is 0 Å². The molecule has 2 rings (SSSR count). The van der Waals surface area contributed by atoms with E-state index in [2.05, 4.69) is 29.6 Å². The van der Waals surface area contributed by atoms with Gasteiger partial charge >= 0.3 is 0 Å². The standard InChI is InChI=1S/C16H20N2O/c1-2-18-13-15(10-11-16(18)19)17-12-6-9-14-7-4-3-5-8-14/h3-5,7-8,10-11,13,17H,2,6,9,12H2,1H3. The van der Waals surface area contributed by atoms with Gasteiger partial charge in [0, 0.05) is 25.4 Å². The number of pyridine rings is 1. The van der Waals surface area contributed by atoms with E-state index in [-0.39, 0.29) is 5.56 Å². The third kappa shape index (κ3) is 3.98. The normalized spacial score (nSPS) is 10.4. The number of aryl methyl sites for hydroxylation is 2. The lowest BCUT2D eigenvalue weighted by molar-refractivity contribution is 0.727. The molecule has 3 heteroatoms. The van der Waals surface area contributed by atoms with Gasteiger partial charge in [-0.25, -0.2) is 0 Å². The summed E-state index contributed by atoms with van der Waals surface area (Å²) in [5.74, 6) is 0. The van der Waals surface area contributed by atoms with Crippen molar-refractivity contribution in [3.05, 3.63) is 64.6 Å². The van der Waals surface area contributed by atoms with Crippen molar-refractivity contribution in [3.8, 4) is 0 Å². The van der Waals surface area contributed by atoms with Crippen molar-refractivity contribution in [2.75, 3.05) is 11.9 Å². The van der Waals surface area contributed by atoms with Gasteiger partial charge in [-0.1, -0.05) is 30.3 Å². The maximum absolute atomic E-state index is 11.5. The zero-order valence-electron chi connectivity index (χ0n) is 11.3. The lowest BCUT2D eigenvalue weighted by Crippen LogP contribution is -2.18. The highest BCUT2D eigenvalue weighted by Gasteiger charge is 1.97. The Morgan fingerprint density at radius 1 is 1.11 bits per heavy atom. The molecule has 0 aliphatic rings. The first-order chi connectivity index (χ1) is 9.29. The van der Waals surface area contributed by atoms with Gasteiger partial charge in [0.2, 0.25) is 0 Å². The Morgan fingerprint density at radius 2 is 1.89 bits per heavy atom. The molecule has 0 amide bonds. The van der Waals surface area contributed by atoms with Crippen molar-refractivity contribution in [1.82, 2.24) is 4.57 Å². The molecule has 1 N–H and O–H groups in total. The average Bonchev–Trinajstić information content (AvgIpc) is 2.46. The highest BCUT2D eigenvalue weighted by molar-refractivity contribution is 5.40. The molecule has 0 atom stereocenters. The van der Waals surface area contributed by atoms with Crippen LogP contribution in [0, 0.1) is 0 Å². The third-order valence-electron chi connectivity index (χ3n) is 3.14. The van der Waals surface area contributed by atoms with Crippen LogP contribution >= 0.6 is 0 Å². The van der Waals surface area contributed by atoms with E-state index in [9.17, 15) is 4.79 Å². The monoisotopic (exact) mass is 256 g/mol. The second kappa shape index (κ2) is 6.78. The molecule has 0 saturated carbocycles. The fraction of sp³-hybridized carbons (Fsp3) is 0.312.